The largest absolute Gasteiger partial charge is 0.694 e. The number of fused-ring (bicyclic) bond motifs is 1. The van der Waals surface area contributed by atoms with Crippen LogP contribution < -0.4 is 0 Å². The van der Waals surface area contributed by atoms with E-state index in [9.17, 15) is 0 Å². The van der Waals surface area contributed by atoms with Crippen LogP contribution >= 0.6 is 0 Å². The molecule has 4 heteroatoms. The van der Waals surface area contributed by atoms with E-state index in [0.717, 1.165) is 21.9 Å². The van der Waals surface area contributed by atoms with E-state index in [0.29, 0.717) is 12.8 Å². The molecule has 0 nitrogen and oxygen atoms in total. The van der Waals surface area contributed by atoms with E-state index in [1.54, 1.807) is 0 Å². The summed E-state index contributed by atoms with van der Waals surface area (Å²) in [6.45, 7) is 0. The topological polar surface area (TPSA) is 0 Å². The second-order valence-corrected chi connectivity index (χ2v) is 3.46. The Morgan fingerprint density at radius 3 is 1.40 bits per heavy atom. The van der Waals surface area contributed by atoms with Crippen molar-refractivity contribution in [1.29, 1.82) is 0 Å². The maximum atomic E-state index is 7.03. The Kier molecular flexibility index (Phi) is 22.2. The summed E-state index contributed by atoms with van der Waals surface area (Å²) < 4.78 is 0. The normalized spacial score (nSPS) is 7.70. The Labute approximate surface area is 254 Å². The van der Waals surface area contributed by atoms with Gasteiger partial charge in [0.2, 0.25) is 0 Å². The van der Waals surface area contributed by atoms with Gasteiger partial charge >= 0.3 is 0 Å². The van der Waals surface area contributed by atoms with Crippen LogP contribution in [0.5, 0.6) is 0 Å². The Hall–Kier alpha value is 3.27. The molecule has 2 aromatic carbocycles. The van der Waals surface area contributed by atoms with Crippen LogP contribution in [0.2, 0.25) is 0 Å². The maximum absolute atomic E-state index is 7.03. The van der Waals surface area contributed by atoms with Crippen LogP contribution in [-0.2, 0) is 12.8 Å². The van der Waals surface area contributed by atoms with Crippen molar-refractivity contribution in [2.45, 2.75) is 12.8 Å². The second-order valence-electron chi connectivity index (χ2n) is 3.46. The van der Waals surface area contributed by atoms with Gasteiger partial charge in [-0.3, -0.25) is 0 Å². The minimum atomic E-state index is 0. The number of rotatable bonds is 2. The molecule has 0 fully saturated rings. The molecule has 0 saturated heterocycles. The molecule has 2 aromatic rings. The van der Waals surface area contributed by atoms with Crippen molar-refractivity contribution in [1.82, 2.24) is 0 Å². The van der Waals surface area contributed by atoms with Crippen molar-refractivity contribution < 1.29 is 165 Å². The Balaban J connectivity index is -0.000000722. The summed E-state index contributed by atoms with van der Waals surface area (Å²) in [5.74, 6) is 4.71. The standard InChI is InChI=1S/C16H8.4Pr/c1-3-7-13-11-15-9-5-6-10-16(15)12-14(13)8-4-2;;;;/h5-6,9-10H,7-8H2;;;;/q-4;;;;. The average molecular weight is 764 g/mol. The SMILES string of the molecule is [C-]#CCc1[c-]c2ccccc2[c-]c1CC#[C-].[Pr].[Pr].[Pr].[Pr]. The predicted octanol–water partition coefficient (Wildman–Crippen LogP) is 2.70. The molecule has 0 N–H and O–H groups in total. The summed E-state index contributed by atoms with van der Waals surface area (Å²) in [5.41, 5.74) is 1.77. The zero-order chi connectivity index (χ0) is 11.4. The van der Waals surface area contributed by atoms with Crippen LogP contribution in [0.15, 0.2) is 24.3 Å². The van der Waals surface area contributed by atoms with Crippen LogP contribution in [0.25, 0.3) is 10.8 Å². The van der Waals surface area contributed by atoms with E-state index < -0.39 is 0 Å². The maximum Gasteiger partial charge on any atom is 0 e. The third-order valence-electron chi connectivity index (χ3n) is 2.39. The van der Waals surface area contributed by atoms with E-state index in [2.05, 4.69) is 24.0 Å². The molecule has 0 aliphatic carbocycles. The molecule has 0 amide bonds. The fourth-order valence-electron chi connectivity index (χ4n) is 1.66. The van der Waals surface area contributed by atoms with E-state index in [-0.39, 0.29) is 165 Å². The number of benzene rings is 2. The molecule has 0 aliphatic heterocycles. The zero-order valence-corrected chi connectivity index (χ0v) is 25.9. The van der Waals surface area contributed by atoms with Gasteiger partial charge in [0.05, 0.1) is 0 Å². The minimum Gasteiger partial charge on any atom is -0.694 e. The van der Waals surface area contributed by atoms with E-state index in [4.69, 9.17) is 12.8 Å². The molecule has 4 radical (unpaired) electrons. The Morgan fingerprint density at radius 2 is 1.10 bits per heavy atom. The van der Waals surface area contributed by atoms with Crippen LogP contribution in [0.3, 0.4) is 0 Å². The Morgan fingerprint density at radius 1 is 0.750 bits per heavy atom. The van der Waals surface area contributed by atoms with E-state index in [1.165, 1.54) is 0 Å². The molecular weight excluding hydrogens is 756 g/mol. The summed E-state index contributed by atoms with van der Waals surface area (Å²) in [7, 11) is 0. The first-order chi connectivity index (χ1) is 7.85. The first kappa shape index (κ1) is 28.1. The smallest absolute Gasteiger partial charge is 0 e. The molecule has 0 aliphatic rings. The van der Waals surface area contributed by atoms with Gasteiger partial charge in [0.1, 0.15) is 0 Å². The zero-order valence-electron chi connectivity index (χ0n) is 11.0. The monoisotopic (exact) mass is 764 g/mol. The van der Waals surface area contributed by atoms with Gasteiger partial charge in [-0.25, -0.2) is 34.0 Å². The molecular formula is C16H8Pr4-4. The van der Waals surface area contributed by atoms with Crippen LogP contribution in [0.1, 0.15) is 11.1 Å². The van der Waals surface area contributed by atoms with Crippen molar-refractivity contribution in [3.8, 4) is 11.8 Å². The molecule has 20 heavy (non-hydrogen) atoms. The van der Waals surface area contributed by atoms with Gasteiger partial charge in [0, 0.05) is 165 Å². The van der Waals surface area contributed by atoms with Crippen LogP contribution in [0.4, 0.5) is 0 Å². The van der Waals surface area contributed by atoms with Crippen molar-refractivity contribution in [3.63, 3.8) is 0 Å². The fourth-order valence-corrected chi connectivity index (χ4v) is 1.66. The van der Waals surface area contributed by atoms with Crippen LogP contribution in [0, 0.1) is 202 Å². The van der Waals surface area contributed by atoms with Gasteiger partial charge in [-0.2, -0.15) is 12.1 Å². The molecule has 0 unspecified atom stereocenters. The first-order valence-electron chi connectivity index (χ1n) is 4.99. The van der Waals surface area contributed by atoms with E-state index >= 15 is 0 Å². The van der Waals surface area contributed by atoms with Gasteiger partial charge in [-0.05, 0) is 0 Å². The minimum absolute atomic E-state index is 0. The Bertz CT molecular complexity index is 551. The molecule has 0 bridgehead atoms. The molecule has 0 spiro atoms. The van der Waals surface area contributed by atoms with Crippen molar-refractivity contribution in [3.05, 3.63) is 60.4 Å². The summed E-state index contributed by atoms with van der Waals surface area (Å²) in [4.78, 5) is 0. The molecule has 0 aromatic heterocycles. The van der Waals surface area contributed by atoms with Gasteiger partial charge < -0.3 is 24.7 Å². The first-order valence-corrected chi connectivity index (χ1v) is 4.99. The van der Waals surface area contributed by atoms with E-state index in [1.807, 2.05) is 24.3 Å². The van der Waals surface area contributed by atoms with Crippen molar-refractivity contribution >= 4 is 10.8 Å². The van der Waals surface area contributed by atoms with Crippen molar-refractivity contribution in [2.75, 3.05) is 0 Å². The summed E-state index contributed by atoms with van der Waals surface area (Å²) in [6, 6.07) is 14.3. The molecule has 0 atom stereocenters. The number of hydrogen-bond donors (Lipinski definition) is 0. The summed E-state index contributed by atoms with van der Waals surface area (Å²) in [6.07, 6.45) is 14.9. The molecule has 0 saturated carbocycles. The second kappa shape index (κ2) is 15.8. The van der Waals surface area contributed by atoms with Gasteiger partial charge in [-0.1, -0.05) is 12.8 Å². The third kappa shape index (κ3) is 8.40. The quantitative estimate of drug-likeness (QED) is 0.327. The predicted molar refractivity (Wildman–Crippen MR) is 63.3 cm³/mol. The molecule has 2 rings (SSSR count). The fraction of sp³-hybridized carbons (Fsp3) is 0.125. The number of hydrogen-bond acceptors (Lipinski definition) is 0. The third-order valence-corrected chi connectivity index (χ3v) is 2.39. The van der Waals surface area contributed by atoms with Gasteiger partial charge in [-0.15, -0.1) is 12.1 Å². The summed E-state index contributed by atoms with van der Waals surface area (Å²) in [5, 5.41) is 1.97. The summed E-state index contributed by atoms with van der Waals surface area (Å²) >= 11 is 0. The van der Waals surface area contributed by atoms with Crippen LogP contribution in [-0.4, -0.2) is 0 Å². The van der Waals surface area contributed by atoms with Crippen molar-refractivity contribution in [2.24, 2.45) is 0 Å². The molecule has 0 heterocycles. The average Bonchev–Trinajstić information content (AvgIpc) is 2.30. The van der Waals surface area contributed by atoms with Gasteiger partial charge in [0.25, 0.3) is 0 Å². The molecule has 88 valence electrons. The van der Waals surface area contributed by atoms with Gasteiger partial charge in [0.15, 0.2) is 0 Å².